The van der Waals surface area contributed by atoms with E-state index in [0.717, 1.165) is 6.42 Å². The van der Waals surface area contributed by atoms with E-state index in [-0.39, 0.29) is 17.2 Å². The maximum Gasteiger partial charge on any atom is 0.226 e. The fourth-order valence-corrected chi connectivity index (χ4v) is 1.38. The molecule has 2 N–H and O–H groups in total. The van der Waals surface area contributed by atoms with Crippen LogP contribution in [-0.4, -0.2) is 31.4 Å². The predicted octanol–water partition coefficient (Wildman–Crippen LogP) is 1.09. The summed E-state index contributed by atoms with van der Waals surface area (Å²) in [4.78, 5) is 13.2. The first-order valence-corrected chi connectivity index (χ1v) is 4.69. The summed E-state index contributed by atoms with van der Waals surface area (Å²) >= 11 is 0. The van der Waals surface area contributed by atoms with Gasteiger partial charge in [0.25, 0.3) is 0 Å². The summed E-state index contributed by atoms with van der Waals surface area (Å²) in [6.45, 7) is 6.81. The molecule has 3 heteroatoms. The molecule has 3 nitrogen and oxygen atoms in total. The van der Waals surface area contributed by atoms with Gasteiger partial charge in [0.1, 0.15) is 0 Å². The van der Waals surface area contributed by atoms with Crippen LogP contribution < -0.4 is 5.73 Å². The fourth-order valence-electron chi connectivity index (χ4n) is 1.38. The standard InChI is InChI=1S/C10H22N2O/c1-10(2,3)6-8(7-11)9(13)12(4)5/h8H,6-7,11H2,1-5H3. The van der Waals surface area contributed by atoms with Gasteiger partial charge in [-0.1, -0.05) is 20.8 Å². The summed E-state index contributed by atoms with van der Waals surface area (Å²) in [5.41, 5.74) is 5.73. The quantitative estimate of drug-likeness (QED) is 0.717. The van der Waals surface area contributed by atoms with Gasteiger partial charge >= 0.3 is 0 Å². The largest absolute Gasteiger partial charge is 0.349 e. The second-order valence-electron chi connectivity index (χ2n) is 4.93. The lowest BCUT2D eigenvalue weighted by Crippen LogP contribution is -2.36. The number of amides is 1. The highest BCUT2D eigenvalue weighted by Crippen LogP contribution is 2.24. The molecule has 0 aliphatic rings. The number of hydrogen-bond acceptors (Lipinski definition) is 2. The van der Waals surface area contributed by atoms with Gasteiger partial charge in [-0.05, 0) is 11.8 Å². The number of hydrogen-bond donors (Lipinski definition) is 1. The zero-order valence-electron chi connectivity index (χ0n) is 9.42. The van der Waals surface area contributed by atoms with Crippen molar-refractivity contribution in [3.8, 4) is 0 Å². The van der Waals surface area contributed by atoms with Gasteiger partial charge in [-0.15, -0.1) is 0 Å². The lowest BCUT2D eigenvalue weighted by molar-refractivity contribution is -0.133. The van der Waals surface area contributed by atoms with Crippen molar-refractivity contribution < 1.29 is 4.79 Å². The Morgan fingerprint density at radius 3 is 2.08 bits per heavy atom. The van der Waals surface area contributed by atoms with E-state index in [1.807, 2.05) is 0 Å². The van der Waals surface area contributed by atoms with Crippen molar-refractivity contribution >= 4 is 5.91 Å². The van der Waals surface area contributed by atoms with Crippen LogP contribution in [0.2, 0.25) is 0 Å². The molecule has 0 aromatic rings. The SMILES string of the molecule is CN(C)C(=O)C(CN)CC(C)(C)C. The maximum atomic E-state index is 11.6. The number of nitrogens with zero attached hydrogens (tertiary/aromatic N) is 1. The van der Waals surface area contributed by atoms with Crippen LogP contribution in [0.15, 0.2) is 0 Å². The molecule has 0 saturated heterocycles. The summed E-state index contributed by atoms with van der Waals surface area (Å²) < 4.78 is 0. The van der Waals surface area contributed by atoms with Gasteiger partial charge in [0, 0.05) is 20.6 Å². The second kappa shape index (κ2) is 4.61. The molecule has 1 atom stereocenters. The van der Waals surface area contributed by atoms with Crippen molar-refractivity contribution in [1.29, 1.82) is 0 Å². The molecule has 0 spiro atoms. The number of carbonyl (C=O) groups is 1. The van der Waals surface area contributed by atoms with Gasteiger partial charge < -0.3 is 10.6 Å². The van der Waals surface area contributed by atoms with Gasteiger partial charge in [0.15, 0.2) is 0 Å². The van der Waals surface area contributed by atoms with Crippen LogP contribution >= 0.6 is 0 Å². The minimum atomic E-state index is -0.0324. The Morgan fingerprint density at radius 1 is 1.38 bits per heavy atom. The Labute approximate surface area is 81.3 Å². The van der Waals surface area contributed by atoms with Crippen LogP contribution in [-0.2, 0) is 4.79 Å². The van der Waals surface area contributed by atoms with Crippen LogP contribution in [0, 0.1) is 11.3 Å². The van der Waals surface area contributed by atoms with Gasteiger partial charge in [-0.3, -0.25) is 4.79 Å². The van der Waals surface area contributed by atoms with E-state index in [4.69, 9.17) is 5.73 Å². The number of nitrogens with two attached hydrogens (primary N) is 1. The normalized spacial score (nSPS) is 14.0. The first kappa shape index (κ1) is 12.4. The summed E-state index contributed by atoms with van der Waals surface area (Å²) in [6, 6.07) is 0. The van der Waals surface area contributed by atoms with E-state index >= 15 is 0 Å². The van der Waals surface area contributed by atoms with Crippen LogP contribution in [0.5, 0.6) is 0 Å². The molecule has 1 amide bonds. The van der Waals surface area contributed by atoms with Crippen molar-refractivity contribution in [2.24, 2.45) is 17.1 Å². The molecule has 78 valence electrons. The Kier molecular flexibility index (Phi) is 4.40. The minimum Gasteiger partial charge on any atom is -0.349 e. The van der Waals surface area contributed by atoms with Crippen LogP contribution in [0.4, 0.5) is 0 Å². The van der Waals surface area contributed by atoms with Crippen LogP contribution in [0.25, 0.3) is 0 Å². The molecule has 1 unspecified atom stereocenters. The van der Waals surface area contributed by atoms with Crippen LogP contribution in [0.1, 0.15) is 27.2 Å². The van der Waals surface area contributed by atoms with E-state index in [2.05, 4.69) is 20.8 Å². The van der Waals surface area contributed by atoms with Crippen molar-refractivity contribution in [2.45, 2.75) is 27.2 Å². The van der Waals surface area contributed by atoms with E-state index < -0.39 is 0 Å². The van der Waals surface area contributed by atoms with Crippen molar-refractivity contribution in [1.82, 2.24) is 4.90 Å². The first-order chi connectivity index (χ1) is 5.78. The van der Waals surface area contributed by atoms with E-state index in [1.54, 1.807) is 19.0 Å². The molecule has 13 heavy (non-hydrogen) atoms. The minimum absolute atomic E-state index is 0.0324. The van der Waals surface area contributed by atoms with Crippen LogP contribution in [0.3, 0.4) is 0 Å². The average molecular weight is 186 g/mol. The van der Waals surface area contributed by atoms with Gasteiger partial charge in [-0.2, -0.15) is 0 Å². The lowest BCUT2D eigenvalue weighted by Gasteiger charge is -2.26. The topological polar surface area (TPSA) is 46.3 Å². The summed E-state index contributed by atoms with van der Waals surface area (Å²) in [7, 11) is 3.54. The molecular weight excluding hydrogens is 164 g/mol. The maximum absolute atomic E-state index is 11.6. The fraction of sp³-hybridized carbons (Fsp3) is 0.900. The molecule has 0 saturated carbocycles. The molecule has 0 radical (unpaired) electrons. The number of carbonyl (C=O) groups excluding carboxylic acids is 1. The summed E-state index contributed by atoms with van der Waals surface area (Å²) in [5, 5.41) is 0. The average Bonchev–Trinajstić information content (AvgIpc) is 1.97. The molecule has 0 fully saturated rings. The van der Waals surface area contributed by atoms with Crippen molar-refractivity contribution in [2.75, 3.05) is 20.6 Å². The van der Waals surface area contributed by atoms with E-state index in [9.17, 15) is 4.79 Å². The second-order valence-corrected chi connectivity index (χ2v) is 4.93. The van der Waals surface area contributed by atoms with E-state index in [0.29, 0.717) is 6.54 Å². The Morgan fingerprint density at radius 2 is 1.85 bits per heavy atom. The van der Waals surface area contributed by atoms with Gasteiger partial charge in [0.2, 0.25) is 5.91 Å². The van der Waals surface area contributed by atoms with Crippen molar-refractivity contribution in [3.63, 3.8) is 0 Å². The van der Waals surface area contributed by atoms with Gasteiger partial charge in [0.05, 0.1) is 5.92 Å². The molecule has 0 bridgehead atoms. The third-order valence-corrected chi connectivity index (χ3v) is 1.93. The third kappa shape index (κ3) is 4.88. The highest BCUT2D eigenvalue weighted by Gasteiger charge is 2.24. The molecule has 0 aromatic heterocycles. The smallest absolute Gasteiger partial charge is 0.226 e. The zero-order valence-corrected chi connectivity index (χ0v) is 9.42. The highest BCUT2D eigenvalue weighted by molar-refractivity contribution is 5.78. The Balaban J connectivity index is 4.27. The molecular formula is C10H22N2O. The van der Waals surface area contributed by atoms with Gasteiger partial charge in [-0.25, -0.2) is 0 Å². The predicted molar refractivity (Wildman–Crippen MR) is 55.3 cm³/mol. The highest BCUT2D eigenvalue weighted by atomic mass is 16.2. The molecule has 0 aliphatic carbocycles. The summed E-state index contributed by atoms with van der Waals surface area (Å²) in [5.74, 6) is 0.104. The molecule has 0 aromatic carbocycles. The molecule has 0 rings (SSSR count). The third-order valence-electron chi connectivity index (χ3n) is 1.93. The van der Waals surface area contributed by atoms with Crippen molar-refractivity contribution in [3.05, 3.63) is 0 Å². The monoisotopic (exact) mass is 186 g/mol. The Hall–Kier alpha value is -0.570. The molecule has 0 aliphatic heterocycles. The first-order valence-electron chi connectivity index (χ1n) is 4.69. The lowest BCUT2D eigenvalue weighted by atomic mass is 9.84. The number of rotatable bonds is 3. The summed E-state index contributed by atoms with van der Waals surface area (Å²) in [6.07, 6.45) is 0.848. The molecule has 0 heterocycles. The Bertz CT molecular complexity index is 170. The zero-order chi connectivity index (χ0) is 10.6. The van der Waals surface area contributed by atoms with E-state index in [1.165, 1.54) is 0 Å².